The van der Waals surface area contributed by atoms with Gasteiger partial charge in [-0.1, -0.05) is 30.3 Å². The van der Waals surface area contributed by atoms with Gasteiger partial charge in [0.15, 0.2) is 5.13 Å². The fraction of sp³-hybridized carbons (Fsp3) is 0.174. The lowest BCUT2D eigenvalue weighted by atomic mass is 10.1. The number of amides is 2. The molecule has 6 heteroatoms. The highest BCUT2D eigenvalue weighted by molar-refractivity contribution is 7.14. The van der Waals surface area contributed by atoms with Gasteiger partial charge in [-0.25, -0.2) is 4.98 Å². The number of para-hydroxylation sites is 1. The highest BCUT2D eigenvalue weighted by Gasteiger charge is 2.23. The highest BCUT2D eigenvalue weighted by atomic mass is 32.1. The van der Waals surface area contributed by atoms with Crippen molar-refractivity contribution >= 4 is 40.0 Å². The van der Waals surface area contributed by atoms with Gasteiger partial charge in [0.25, 0.3) is 11.8 Å². The van der Waals surface area contributed by atoms with E-state index in [1.54, 1.807) is 23.1 Å². The van der Waals surface area contributed by atoms with Crippen molar-refractivity contribution in [2.24, 2.45) is 0 Å². The predicted molar refractivity (Wildman–Crippen MR) is 116 cm³/mol. The topological polar surface area (TPSA) is 62.3 Å². The first-order chi connectivity index (χ1) is 14.1. The molecular weight excluding hydrogens is 382 g/mol. The van der Waals surface area contributed by atoms with Crippen molar-refractivity contribution in [1.29, 1.82) is 0 Å². The van der Waals surface area contributed by atoms with Crippen molar-refractivity contribution in [1.82, 2.24) is 10.3 Å². The van der Waals surface area contributed by atoms with Crippen molar-refractivity contribution in [3.8, 4) is 0 Å². The zero-order chi connectivity index (χ0) is 20.2. The molecule has 1 aliphatic carbocycles. The molecule has 5 nitrogen and oxygen atoms in total. The van der Waals surface area contributed by atoms with Gasteiger partial charge < -0.3 is 5.32 Å². The van der Waals surface area contributed by atoms with Crippen LogP contribution in [0.3, 0.4) is 0 Å². The molecule has 2 aromatic carbocycles. The van der Waals surface area contributed by atoms with E-state index in [2.05, 4.69) is 10.3 Å². The molecule has 0 atom stereocenters. The van der Waals surface area contributed by atoms with E-state index in [0.29, 0.717) is 16.7 Å². The number of aromatic nitrogens is 1. The molecule has 2 amide bonds. The van der Waals surface area contributed by atoms with Crippen molar-refractivity contribution in [2.75, 3.05) is 4.90 Å². The summed E-state index contributed by atoms with van der Waals surface area (Å²) in [6.07, 6.45) is 5.40. The van der Waals surface area contributed by atoms with Gasteiger partial charge in [0, 0.05) is 23.1 Å². The number of benzene rings is 2. The number of hydrogen-bond donors (Lipinski definition) is 1. The highest BCUT2D eigenvalue weighted by Crippen LogP contribution is 2.29. The molecule has 1 aromatic heterocycles. The molecule has 4 rings (SSSR count). The molecule has 29 heavy (non-hydrogen) atoms. The summed E-state index contributed by atoms with van der Waals surface area (Å²) in [4.78, 5) is 31.1. The van der Waals surface area contributed by atoms with E-state index in [9.17, 15) is 9.59 Å². The van der Waals surface area contributed by atoms with Crippen molar-refractivity contribution < 1.29 is 9.59 Å². The Balaban J connectivity index is 1.51. The van der Waals surface area contributed by atoms with Crippen molar-refractivity contribution in [3.63, 3.8) is 0 Å². The SMILES string of the molecule is Cc1csc(N(C(=O)/C=C/c2ccc(C(=O)NC3CC3)cc2)c2ccccc2)n1. The van der Waals surface area contributed by atoms with E-state index < -0.39 is 0 Å². The summed E-state index contributed by atoms with van der Waals surface area (Å²) < 4.78 is 0. The van der Waals surface area contributed by atoms with E-state index in [1.807, 2.05) is 54.8 Å². The summed E-state index contributed by atoms with van der Waals surface area (Å²) >= 11 is 1.43. The van der Waals surface area contributed by atoms with E-state index >= 15 is 0 Å². The average Bonchev–Trinajstić information content (AvgIpc) is 3.46. The van der Waals surface area contributed by atoms with Crippen LogP contribution < -0.4 is 10.2 Å². The molecule has 0 aliphatic heterocycles. The summed E-state index contributed by atoms with van der Waals surface area (Å²) in [5, 5.41) is 5.53. The first kappa shape index (κ1) is 19.1. The van der Waals surface area contributed by atoms with E-state index in [-0.39, 0.29) is 11.8 Å². The minimum Gasteiger partial charge on any atom is -0.349 e. The van der Waals surface area contributed by atoms with Crippen LogP contribution in [0.5, 0.6) is 0 Å². The van der Waals surface area contributed by atoms with Gasteiger partial charge in [-0.05, 0) is 55.7 Å². The Hall–Kier alpha value is -3.25. The zero-order valence-electron chi connectivity index (χ0n) is 16.0. The Morgan fingerprint density at radius 1 is 1.10 bits per heavy atom. The van der Waals surface area contributed by atoms with Gasteiger partial charge in [-0.15, -0.1) is 11.3 Å². The molecular formula is C23H21N3O2S. The number of anilines is 2. The second-order valence-electron chi connectivity index (χ2n) is 6.98. The van der Waals surface area contributed by atoms with Crippen LogP contribution in [0, 0.1) is 6.92 Å². The zero-order valence-corrected chi connectivity index (χ0v) is 16.9. The molecule has 1 heterocycles. The molecule has 1 N–H and O–H groups in total. The smallest absolute Gasteiger partial charge is 0.257 e. The molecule has 1 fully saturated rings. The molecule has 0 spiro atoms. The summed E-state index contributed by atoms with van der Waals surface area (Å²) in [6.45, 7) is 1.91. The summed E-state index contributed by atoms with van der Waals surface area (Å²) in [7, 11) is 0. The summed E-state index contributed by atoms with van der Waals surface area (Å²) in [5.74, 6) is -0.227. The number of thiazole rings is 1. The third-order valence-corrected chi connectivity index (χ3v) is 5.48. The summed E-state index contributed by atoms with van der Waals surface area (Å²) in [5.41, 5.74) is 3.13. The van der Waals surface area contributed by atoms with Gasteiger partial charge >= 0.3 is 0 Å². The first-order valence-electron chi connectivity index (χ1n) is 9.50. The van der Waals surface area contributed by atoms with Crippen LogP contribution in [0.1, 0.15) is 34.5 Å². The third-order valence-electron chi connectivity index (χ3n) is 4.54. The van der Waals surface area contributed by atoms with Crippen molar-refractivity contribution in [2.45, 2.75) is 25.8 Å². The number of aryl methyl sites for hydroxylation is 1. The van der Waals surface area contributed by atoms with E-state index in [0.717, 1.165) is 29.8 Å². The van der Waals surface area contributed by atoms with Crippen LogP contribution in [-0.2, 0) is 4.79 Å². The Morgan fingerprint density at radius 2 is 1.83 bits per heavy atom. The quantitative estimate of drug-likeness (QED) is 0.606. The van der Waals surface area contributed by atoms with Crippen LogP contribution in [0.4, 0.5) is 10.8 Å². The van der Waals surface area contributed by atoms with E-state index in [1.165, 1.54) is 17.4 Å². The summed E-state index contributed by atoms with van der Waals surface area (Å²) in [6, 6.07) is 17.0. The molecule has 3 aromatic rings. The molecule has 1 saturated carbocycles. The maximum atomic E-state index is 13.0. The molecule has 0 bridgehead atoms. The molecule has 0 radical (unpaired) electrons. The van der Waals surface area contributed by atoms with Crippen LogP contribution in [0.25, 0.3) is 6.08 Å². The van der Waals surface area contributed by atoms with Crippen molar-refractivity contribution in [3.05, 3.63) is 82.9 Å². The number of hydrogen-bond acceptors (Lipinski definition) is 4. The number of carbonyl (C=O) groups is 2. The minimum absolute atomic E-state index is 0.0477. The third kappa shape index (κ3) is 4.78. The Morgan fingerprint density at radius 3 is 2.45 bits per heavy atom. The van der Waals surface area contributed by atoms with Gasteiger partial charge in [0.1, 0.15) is 0 Å². The fourth-order valence-electron chi connectivity index (χ4n) is 2.84. The molecule has 0 saturated heterocycles. The molecule has 0 unspecified atom stereocenters. The Labute approximate surface area is 173 Å². The standard InChI is InChI=1S/C23H21N3O2S/c1-16-15-29-23(24-16)26(20-5-3-2-4-6-20)21(27)14-9-17-7-10-18(11-8-17)22(28)25-19-12-13-19/h2-11,14-15,19H,12-13H2,1H3,(H,25,28)/b14-9+. The maximum absolute atomic E-state index is 13.0. The normalized spacial score (nSPS) is 13.4. The average molecular weight is 404 g/mol. The van der Waals surface area contributed by atoms with Crippen LogP contribution in [0.2, 0.25) is 0 Å². The minimum atomic E-state index is -0.180. The van der Waals surface area contributed by atoms with Gasteiger partial charge in [-0.2, -0.15) is 0 Å². The lowest BCUT2D eigenvalue weighted by Crippen LogP contribution is -2.25. The largest absolute Gasteiger partial charge is 0.349 e. The molecule has 1 aliphatic rings. The Kier molecular flexibility index (Phi) is 5.53. The van der Waals surface area contributed by atoms with Gasteiger partial charge in [-0.3, -0.25) is 14.5 Å². The predicted octanol–water partition coefficient (Wildman–Crippen LogP) is 4.72. The van der Waals surface area contributed by atoms with Gasteiger partial charge in [0.05, 0.1) is 11.4 Å². The van der Waals surface area contributed by atoms with Crippen LogP contribution >= 0.6 is 11.3 Å². The fourth-order valence-corrected chi connectivity index (χ4v) is 3.66. The Bertz CT molecular complexity index is 1040. The molecule has 146 valence electrons. The number of rotatable bonds is 6. The number of nitrogens with one attached hydrogen (secondary N) is 1. The second-order valence-corrected chi connectivity index (χ2v) is 7.82. The maximum Gasteiger partial charge on any atom is 0.257 e. The van der Waals surface area contributed by atoms with E-state index in [4.69, 9.17) is 0 Å². The second kappa shape index (κ2) is 8.41. The number of carbonyl (C=O) groups excluding carboxylic acids is 2. The monoisotopic (exact) mass is 403 g/mol. The lowest BCUT2D eigenvalue weighted by Gasteiger charge is -2.18. The van der Waals surface area contributed by atoms with Crippen LogP contribution in [-0.4, -0.2) is 22.8 Å². The lowest BCUT2D eigenvalue weighted by molar-refractivity contribution is -0.113. The van der Waals surface area contributed by atoms with Crippen LogP contribution in [0.15, 0.2) is 66.1 Å². The van der Waals surface area contributed by atoms with Gasteiger partial charge in [0.2, 0.25) is 0 Å². The number of nitrogens with zero attached hydrogens (tertiary/aromatic N) is 2. The first-order valence-corrected chi connectivity index (χ1v) is 10.4.